The van der Waals surface area contributed by atoms with E-state index in [9.17, 15) is 5.11 Å². The largest absolute Gasteiger partial charge is 0.491 e. The molecule has 1 aromatic rings. The highest BCUT2D eigenvalue weighted by Crippen LogP contribution is 2.11. The van der Waals surface area contributed by atoms with E-state index < -0.39 is 6.10 Å². The fraction of sp³-hybridized carbons (Fsp3) is 0.533. The van der Waals surface area contributed by atoms with Gasteiger partial charge in [0.05, 0.1) is 11.6 Å². The molecule has 0 radical (unpaired) electrons. The molecule has 0 spiro atoms. The van der Waals surface area contributed by atoms with E-state index in [-0.39, 0.29) is 6.61 Å². The van der Waals surface area contributed by atoms with Crippen LogP contribution in [0.2, 0.25) is 0 Å². The molecule has 20 heavy (non-hydrogen) atoms. The Kier molecular flexibility index (Phi) is 8.12. The van der Waals surface area contributed by atoms with E-state index in [1.54, 1.807) is 24.3 Å². The number of nitrogens with one attached hydrogen (secondary N) is 1. The van der Waals surface area contributed by atoms with Crippen molar-refractivity contribution in [1.29, 1.82) is 5.26 Å². The minimum Gasteiger partial charge on any atom is -0.491 e. The number of nitriles is 1. The molecule has 0 aliphatic rings. The van der Waals surface area contributed by atoms with Gasteiger partial charge in [0.2, 0.25) is 0 Å². The van der Waals surface area contributed by atoms with Gasteiger partial charge >= 0.3 is 0 Å². The first-order valence-electron chi connectivity index (χ1n) is 6.66. The van der Waals surface area contributed by atoms with Crippen LogP contribution in [0.25, 0.3) is 0 Å². The molecule has 2 atom stereocenters. The Morgan fingerprint density at radius 3 is 2.65 bits per heavy atom. The maximum absolute atomic E-state index is 9.81. The smallest absolute Gasteiger partial charge is 0.119 e. The van der Waals surface area contributed by atoms with Crippen LogP contribution in [-0.4, -0.2) is 42.9 Å². The van der Waals surface area contributed by atoms with Crippen molar-refractivity contribution >= 4 is 11.8 Å². The Bertz CT molecular complexity index is 417. The third-order valence-corrected chi connectivity index (χ3v) is 3.65. The lowest BCUT2D eigenvalue weighted by Crippen LogP contribution is -2.34. The molecule has 0 bridgehead atoms. The van der Waals surface area contributed by atoms with Gasteiger partial charge in [-0.3, -0.25) is 0 Å². The molecule has 0 amide bonds. The van der Waals surface area contributed by atoms with E-state index in [2.05, 4.69) is 24.6 Å². The van der Waals surface area contributed by atoms with Crippen LogP contribution in [0.1, 0.15) is 12.5 Å². The maximum Gasteiger partial charge on any atom is 0.119 e. The van der Waals surface area contributed by atoms with Crippen molar-refractivity contribution in [3.63, 3.8) is 0 Å². The van der Waals surface area contributed by atoms with Crippen LogP contribution in [-0.2, 0) is 0 Å². The minimum atomic E-state index is -0.535. The number of benzene rings is 1. The first kappa shape index (κ1) is 16.8. The van der Waals surface area contributed by atoms with E-state index in [0.29, 0.717) is 23.8 Å². The highest BCUT2D eigenvalue weighted by atomic mass is 32.2. The fourth-order valence-electron chi connectivity index (χ4n) is 1.72. The number of hydrogen-bond acceptors (Lipinski definition) is 5. The number of thioether (sulfide) groups is 1. The van der Waals surface area contributed by atoms with Crippen LogP contribution in [0.5, 0.6) is 5.75 Å². The lowest BCUT2D eigenvalue weighted by Gasteiger charge is -2.15. The molecule has 4 nitrogen and oxygen atoms in total. The molecule has 0 heterocycles. The molecule has 0 saturated heterocycles. The second-order valence-corrected chi connectivity index (χ2v) is 5.73. The summed E-state index contributed by atoms with van der Waals surface area (Å²) in [6.07, 6.45) is 1.56. The van der Waals surface area contributed by atoms with Crippen LogP contribution < -0.4 is 10.1 Å². The molecule has 0 aromatic heterocycles. The van der Waals surface area contributed by atoms with Gasteiger partial charge in [-0.2, -0.15) is 17.0 Å². The summed E-state index contributed by atoms with van der Waals surface area (Å²) in [7, 11) is 0. The van der Waals surface area contributed by atoms with Crippen LogP contribution in [0.15, 0.2) is 24.3 Å². The molecular formula is C15H22N2O2S. The Morgan fingerprint density at radius 1 is 1.35 bits per heavy atom. The normalized spacial score (nSPS) is 13.5. The number of rotatable bonds is 9. The second kappa shape index (κ2) is 9.65. The van der Waals surface area contributed by atoms with Crippen LogP contribution >= 0.6 is 11.8 Å². The van der Waals surface area contributed by atoms with Crippen molar-refractivity contribution < 1.29 is 9.84 Å². The summed E-state index contributed by atoms with van der Waals surface area (Å²) in [6.45, 7) is 3.85. The van der Waals surface area contributed by atoms with Crippen LogP contribution in [0.3, 0.4) is 0 Å². The molecule has 1 rings (SSSR count). The molecule has 0 fully saturated rings. The van der Waals surface area contributed by atoms with Crippen LogP contribution in [0.4, 0.5) is 0 Å². The van der Waals surface area contributed by atoms with E-state index in [0.717, 1.165) is 12.3 Å². The van der Waals surface area contributed by atoms with E-state index in [1.807, 2.05) is 11.8 Å². The number of nitrogens with zero attached hydrogens (tertiary/aromatic N) is 1. The summed E-state index contributed by atoms with van der Waals surface area (Å²) in [5, 5.41) is 21.7. The average Bonchev–Trinajstić information content (AvgIpc) is 2.46. The fourth-order valence-corrected chi connectivity index (χ4v) is 2.40. The van der Waals surface area contributed by atoms with Gasteiger partial charge in [0.25, 0.3) is 0 Å². The predicted molar refractivity (Wildman–Crippen MR) is 83.1 cm³/mol. The van der Waals surface area contributed by atoms with Crippen LogP contribution in [0, 0.1) is 17.2 Å². The van der Waals surface area contributed by atoms with Crippen molar-refractivity contribution in [1.82, 2.24) is 5.32 Å². The van der Waals surface area contributed by atoms with Gasteiger partial charge < -0.3 is 15.2 Å². The van der Waals surface area contributed by atoms with Crippen molar-refractivity contribution in [2.45, 2.75) is 13.0 Å². The number of aliphatic hydroxyl groups excluding tert-OH is 1. The van der Waals surface area contributed by atoms with E-state index >= 15 is 0 Å². The topological polar surface area (TPSA) is 65.3 Å². The van der Waals surface area contributed by atoms with E-state index in [1.165, 1.54) is 0 Å². The van der Waals surface area contributed by atoms with Gasteiger partial charge in [-0.1, -0.05) is 6.92 Å². The molecular weight excluding hydrogens is 272 g/mol. The first-order chi connectivity index (χ1) is 9.65. The third-order valence-electron chi connectivity index (χ3n) is 2.75. The summed E-state index contributed by atoms with van der Waals surface area (Å²) >= 11 is 1.83. The summed E-state index contributed by atoms with van der Waals surface area (Å²) < 4.78 is 5.47. The lowest BCUT2D eigenvalue weighted by molar-refractivity contribution is 0.106. The Morgan fingerprint density at radius 2 is 2.05 bits per heavy atom. The molecule has 0 aliphatic heterocycles. The molecule has 1 aromatic carbocycles. The SMILES string of the molecule is CSCC(C)CNCC(O)COc1ccc(C#N)cc1. The Balaban J connectivity index is 2.19. The van der Waals surface area contributed by atoms with Gasteiger partial charge in [-0.15, -0.1) is 0 Å². The molecule has 2 N–H and O–H groups in total. The zero-order valence-corrected chi connectivity index (χ0v) is 12.8. The molecule has 0 aliphatic carbocycles. The molecule has 0 saturated carbocycles. The van der Waals surface area contributed by atoms with Crippen molar-refractivity contribution in [2.75, 3.05) is 31.7 Å². The zero-order chi connectivity index (χ0) is 14.8. The summed E-state index contributed by atoms with van der Waals surface area (Å²) in [4.78, 5) is 0. The summed E-state index contributed by atoms with van der Waals surface area (Å²) in [5.74, 6) is 2.38. The minimum absolute atomic E-state index is 0.246. The zero-order valence-electron chi connectivity index (χ0n) is 12.0. The van der Waals surface area contributed by atoms with Crippen molar-refractivity contribution in [2.24, 2.45) is 5.92 Å². The third kappa shape index (κ3) is 6.80. The molecule has 5 heteroatoms. The monoisotopic (exact) mass is 294 g/mol. The standard InChI is InChI=1S/C15H22N2O2S/c1-12(11-20-2)8-17-9-14(18)10-19-15-5-3-13(7-16)4-6-15/h3-6,12,14,17-18H,8-11H2,1-2H3. The summed E-state index contributed by atoms with van der Waals surface area (Å²) in [6, 6.07) is 8.92. The lowest BCUT2D eigenvalue weighted by atomic mass is 10.2. The quantitative estimate of drug-likeness (QED) is 0.728. The van der Waals surface area contributed by atoms with Crippen molar-refractivity contribution in [3.05, 3.63) is 29.8 Å². The first-order valence-corrected chi connectivity index (χ1v) is 8.05. The molecule has 110 valence electrons. The van der Waals surface area contributed by atoms with Gasteiger partial charge in [0, 0.05) is 6.54 Å². The van der Waals surface area contributed by atoms with Gasteiger partial charge in [0.1, 0.15) is 18.5 Å². The van der Waals surface area contributed by atoms with Gasteiger partial charge in [0.15, 0.2) is 0 Å². The maximum atomic E-state index is 9.81. The summed E-state index contributed by atoms with van der Waals surface area (Å²) in [5.41, 5.74) is 0.599. The highest BCUT2D eigenvalue weighted by molar-refractivity contribution is 7.98. The number of hydrogen-bond donors (Lipinski definition) is 2. The average molecular weight is 294 g/mol. The molecule has 2 unspecified atom stereocenters. The van der Waals surface area contributed by atoms with Gasteiger partial charge in [-0.05, 0) is 48.7 Å². The number of ether oxygens (including phenoxy) is 1. The Hall–Kier alpha value is -1.22. The highest BCUT2D eigenvalue weighted by Gasteiger charge is 2.06. The van der Waals surface area contributed by atoms with E-state index in [4.69, 9.17) is 10.00 Å². The van der Waals surface area contributed by atoms with Crippen molar-refractivity contribution in [3.8, 4) is 11.8 Å². The second-order valence-electron chi connectivity index (χ2n) is 4.82. The van der Waals surface area contributed by atoms with Gasteiger partial charge in [-0.25, -0.2) is 0 Å². The number of aliphatic hydroxyl groups is 1. The Labute approximate surface area is 125 Å². The predicted octanol–water partition coefficient (Wildman–Crippen LogP) is 1.89.